The summed E-state index contributed by atoms with van der Waals surface area (Å²) in [4.78, 5) is 2.52. The number of likely N-dealkylation sites (tertiary alicyclic amines) is 1. The van der Waals surface area contributed by atoms with E-state index in [1.807, 2.05) is 13.0 Å². The van der Waals surface area contributed by atoms with E-state index in [1.165, 1.54) is 36.8 Å². The van der Waals surface area contributed by atoms with Crippen molar-refractivity contribution in [2.45, 2.75) is 38.8 Å². The van der Waals surface area contributed by atoms with Crippen LogP contribution in [0.25, 0.3) is 10.9 Å². The van der Waals surface area contributed by atoms with E-state index in [0.717, 1.165) is 12.1 Å². The molecule has 3 nitrogen and oxygen atoms in total. The highest BCUT2D eigenvalue weighted by Crippen LogP contribution is 2.29. The van der Waals surface area contributed by atoms with E-state index in [-0.39, 0.29) is 0 Å². The third kappa shape index (κ3) is 2.48. The first-order valence-corrected chi connectivity index (χ1v) is 7.70. The second-order valence-electron chi connectivity index (χ2n) is 5.88. The quantitative estimate of drug-likeness (QED) is 0.928. The van der Waals surface area contributed by atoms with Gasteiger partial charge in [0.15, 0.2) is 0 Å². The number of hydrogen-bond donors (Lipinski definition) is 1. The number of nitrogens with zero attached hydrogens (tertiary/aromatic N) is 2. The highest BCUT2D eigenvalue weighted by molar-refractivity contribution is 5.81. The maximum absolute atomic E-state index is 9.77. The van der Waals surface area contributed by atoms with Crippen LogP contribution in [-0.4, -0.2) is 34.2 Å². The topological polar surface area (TPSA) is 28.4 Å². The lowest BCUT2D eigenvalue weighted by Crippen LogP contribution is -2.34. The molecule has 0 spiro atoms. The first kappa shape index (κ1) is 13.7. The van der Waals surface area contributed by atoms with E-state index < -0.39 is 6.10 Å². The molecule has 3 heteroatoms. The van der Waals surface area contributed by atoms with Crippen LogP contribution in [0.2, 0.25) is 0 Å². The lowest BCUT2D eigenvalue weighted by Gasteiger charge is -2.32. The van der Waals surface area contributed by atoms with Crippen LogP contribution in [-0.2, 0) is 0 Å². The maximum atomic E-state index is 9.77. The number of aliphatic hydroxyl groups is 1. The van der Waals surface area contributed by atoms with Crippen LogP contribution in [0.5, 0.6) is 0 Å². The molecule has 1 aromatic heterocycles. The number of benzene rings is 1. The smallest absolute Gasteiger partial charge is 0.0762 e. The van der Waals surface area contributed by atoms with Gasteiger partial charge in [-0.25, -0.2) is 0 Å². The second kappa shape index (κ2) is 5.58. The molecule has 0 radical (unpaired) electrons. The van der Waals surface area contributed by atoms with Crippen molar-refractivity contribution in [1.29, 1.82) is 0 Å². The summed E-state index contributed by atoms with van der Waals surface area (Å²) < 4.78 is 2.41. The van der Waals surface area contributed by atoms with Gasteiger partial charge in [-0.1, -0.05) is 19.1 Å². The minimum atomic E-state index is -0.398. The molecule has 3 rings (SSSR count). The largest absolute Gasteiger partial charge is 0.389 e. The standard InChI is InChI=1S/C17H24N2O/c1-3-18-9-7-16(8-10-18)19-11-6-14-4-5-15(13(2)20)12-17(14)19/h4-6,11-13,16,20H,3,7-10H2,1-2H3. The molecule has 0 saturated carbocycles. The Balaban J connectivity index is 1.90. The zero-order valence-electron chi connectivity index (χ0n) is 12.4. The molecule has 1 aromatic carbocycles. The van der Waals surface area contributed by atoms with Crippen molar-refractivity contribution in [3.05, 3.63) is 36.0 Å². The SMILES string of the molecule is CCN1CCC(n2ccc3ccc(C(C)O)cc32)CC1. The van der Waals surface area contributed by atoms with Crippen molar-refractivity contribution in [3.8, 4) is 0 Å². The molecular formula is C17H24N2O. The molecule has 1 atom stereocenters. The molecule has 2 aromatic rings. The van der Waals surface area contributed by atoms with Crippen LogP contribution < -0.4 is 0 Å². The van der Waals surface area contributed by atoms with Gasteiger partial charge in [0, 0.05) is 30.8 Å². The summed E-state index contributed by atoms with van der Waals surface area (Å²) >= 11 is 0. The molecule has 1 aliphatic heterocycles. The molecule has 20 heavy (non-hydrogen) atoms. The summed E-state index contributed by atoms with van der Waals surface area (Å²) in [7, 11) is 0. The number of piperidine rings is 1. The monoisotopic (exact) mass is 272 g/mol. The Bertz CT molecular complexity index is 580. The van der Waals surface area contributed by atoms with E-state index in [2.05, 4.69) is 40.8 Å². The van der Waals surface area contributed by atoms with Crippen molar-refractivity contribution in [2.24, 2.45) is 0 Å². The molecule has 108 valence electrons. The van der Waals surface area contributed by atoms with Crippen molar-refractivity contribution in [3.63, 3.8) is 0 Å². The van der Waals surface area contributed by atoms with Crippen molar-refractivity contribution in [2.75, 3.05) is 19.6 Å². The minimum absolute atomic E-state index is 0.398. The summed E-state index contributed by atoms with van der Waals surface area (Å²) in [6.45, 7) is 7.60. The van der Waals surface area contributed by atoms with Gasteiger partial charge in [0.1, 0.15) is 0 Å². The van der Waals surface area contributed by atoms with Crippen molar-refractivity contribution < 1.29 is 5.11 Å². The Morgan fingerprint density at radius 1 is 1.25 bits per heavy atom. The zero-order valence-corrected chi connectivity index (χ0v) is 12.4. The second-order valence-corrected chi connectivity index (χ2v) is 5.88. The third-order valence-electron chi connectivity index (χ3n) is 4.63. The van der Waals surface area contributed by atoms with Crippen LogP contribution in [0.15, 0.2) is 30.5 Å². The molecule has 1 saturated heterocycles. The summed E-state index contributed by atoms with van der Waals surface area (Å²) in [5.74, 6) is 0. The van der Waals surface area contributed by atoms with Gasteiger partial charge in [-0.15, -0.1) is 0 Å². The maximum Gasteiger partial charge on any atom is 0.0762 e. The molecule has 0 aliphatic carbocycles. The van der Waals surface area contributed by atoms with Gasteiger partial charge >= 0.3 is 0 Å². The molecule has 2 heterocycles. The van der Waals surface area contributed by atoms with Gasteiger partial charge in [-0.05, 0) is 49.4 Å². The molecule has 0 amide bonds. The Hall–Kier alpha value is -1.32. The van der Waals surface area contributed by atoms with E-state index in [4.69, 9.17) is 0 Å². The van der Waals surface area contributed by atoms with Gasteiger partial charge in [0.05, 0.1) is 6.10 Å². The number of aromatic nitrogens is 1. The number of rotatable bonds is 3. The van der Waals surface area contributed by atoms with Crippen molar-refractivity contribution >= 4 is 10.9 Å². The predicted octanol–water partition coefficient (Wildman–Crippen LogP) is 3.35. The highest BCUT2D eigenvalue weighted by atomic mass is 16.3. The fourth-order valence-corrected chi connectivity index (χ4v) is 3.26. The molecule has 1 N–H and O–H groups in total. The Morgan fingerprint density at radius 2 is 2.00 bits per heavy atom. The van der Waals surface area contributed by atoms with Gasteiger partial charge in [-0.2, -0.15) is 0 Å². The van der Waals surface area contributed by atoms with Gasteiger partial charge in [0.2, 0.25) is 0 Å². The van der Waals surface area contributed by atoms with Gasteiger partial charge in [-0.3, -0.25) is 0 Å². The lowest BCUT2D eigenvalue weighted by atomic mass is 10.0. The molecular weight excluding hydrogens is 248 g/mol. The Morgan fingerprint density at radius 3 is 2.65 bits per heavy atom. The fourth-order valence-electron chi connectivity index (χ4n) is 3.26. The van der Waals surface area contributed by atoms with Crippen LogP contribution in [0, 0.1) is 0 Å². The number of aliphatic hydroxyl groups excluding tert-OH is 1. The van der Waals surface area contributed by atoms with E-state index in [9.17, 15) is 5.11 Å². The Labute approximate surface area is 120 Å². The lowest BCUT2D eigenvalue weighted by molar-refractivity contribution is 0.196. The summed E-state index contributed by atoms with van der Waals surface area (Å²) in [6, 6.07) is 9.07. The average Bonchev–Trinajstić information content (AvgIpc) is 2.90. The summed E-state index contributed by atoms with van der Waals surface area (Å²) in [6.07, 6.45) is 4.25. The number of hydrogen-bond acceptors (Lipinski definition) is 2. The van der Waals surface area contributed by atoms with Crippen molar-refractivity contribution in [1.82, 2.24) is 9.47 Å². The van der Waals surface area contributed by atoms with Crippen LogP contribution >= 0.6 is 0 Å². The summed E-state index contributed by atoms with van der Waals surface area (Å²) in [5.41, 5.74) is 2.27. The molecule has 1 aliphatic rings. The first-order valence-electron chi connectivity index (χ1n) is 7.70. The van der Waals surface area contributed by atoms with Crippen LogP contribution in [0.1, 0.15) is 44.4 Å². The predicted molar refractivity (Wildman–Crippen MR) is 83.0 cm³/mol. The van der Waals surface area contributed by atoms with Gasteiger partial charge < -0.3 is 14.6 Å². The van der Waals surface area contributed by atoms with Crippen LogP contribution in [0.3, 0.4) is 0 Å². The highest BCUT2D eigenvalue weighted by Gasteiger charge is 2.20. The van der Waals surface area contributed by atoms with Gasteiger partial charge in [0.25, 0.3) is 0 Å². The van der Waals surface area contributed by atoms with Crippen LogP contribution in [0.4, 0.5) is 0 Å². The van der Waals surface area contributed by atoms with E-state index in [1.54, 1.807) is 0 Å². The Kier molecular flexibility index (Phi) is 3.81. The van der Waals surface area contributed by atoms with E-state index in [0.29, 0.717) is 6.04 Å². The normalized spacial score (nSPS) is 19.6. The molecule has 1 unspecified atom stereocenters. The molecule has 1 fully saturated rings. The third-order valence-corrected chi connectivity index (χ3v) is 4.63. The summed E-state index contributed by atoms with van der Waals surface area (Å²) in [5, 5.41) is 11.0. The fraction of sp³-hybridized carbons (Fsp3) is 0.529. The minimum Gasteiger partial charge on any atom is -0.389 e. The average molecular weight is 272 g/mol. The van der Waals surface area contributed by atoms with E-state index >= 15 is 0 Å². The molecule has 0 bridgehead atoms. The first-order chi connectivity index (χ1) is 9.69. The number of fused-ring (bicyclic) bond motifs is 1. The zero-order chi connectivity index (χ0) is 14.1.